The molecule has 0 fully saturated rings. The molecular weight excluding hydrogens is 276 g/mol. The van der Waals surface area contributed by atoms with Crippen LogP contribution < -0.4 is 0 Å². The zero-order valence-corrected chi connectivity index (χ0v) is 12.9. The van der Waals surface area contributed by atoms with Crippen LogP contribution in [0, 0.1) is 0 Å². The van der Waals surface area contributed by atoms with E-state index in [2.05, 4.69) is 17.3 Å². The van der Waals surface area contributed by atoms with Gasteiger partial charge in [-0.05, 0) is 20.3 Å². The third-order valence-electron chi connectivity index (χ3n) is 0.945. The second kappa shape index (κ2) is 26.1. The highest BCUT2D eigenvalue weighted by atomic mass is 32.3. The van der Waals surface area contributed by atoms with Gasteiger partial charge in [0.05, 0.1) is 19.8 Å². The lowest BCUT2D eigenvalue weighted by Crippen LogP contribution is -2.03. The van der Waals surface area contributed by atoms with Gasteiger partial charge in [-0.2, -0.15) is 8.42 Å². The van der Waals surface area contributed by atoms with Gasteiger partial charge in [0.2, 0.25) is 0 Å². The van der Waals surface area contributed by atoms with E-state index in [0.717, 1.165) is 13.2 Å². The second-order valence-corrected chi connectivity index (χ2v) is 3.57. The molecular formula is C11H28O7S. The molecule has 0 radical (unpaired) electrons. The number of aliphatic hydroxyl groups is 2. The SMILES string of the molecule is C=C.CCCOS(=O)(=O)O.CCOCC.OCCO. The zero-order valence-electron chi connectivity index (χ0n) is 12.0. The summed E-state index contributed by atoms with van der Waals surface area (Å²) in [6, 6.07) is 0. The molecule has 0 aliphatic heterocycles. The van der Waals surface area contributed by atoms with Crippen LogP contribution in [0.5, 0.6) is 0 Å². The lowest BCUT2D eigenvalue weighted by Gasteiger charge is -1.92. The van der Waals surface area contributed by atoms with Crippen molar-refractivity contribution in [2.45, 2.75) is 27.2 Å². The summed E-state index contributed by atoms with van der Waals surface area (Å²) < 4.78 is 36.1. The molecule has 0 rings (SSSR count). The van der Waals surface area contributed by atoms with Gasteiger partial charge in [-0.3, -0.25) is 4.55 Å². The Morgan fingerprint density at radius 2 is 1.37 bits per heavy atom. The van der Waals surface area contributed by atoms with Gasteiger partial charge >= 0.3 is 10.4 Å². The Morgan fingerprint density at radius 1 is 1.00 bits per heavy atom. The fraction of sp³-hybridized carbons (Fsp3) is 0.818. The van der Waals surface area contributed by atoms with Crippen LogP contribution in [0.4, 0.5) is 0 Å². The molecule has 0 saturated carbocycles. The highest BCUT2D eigenvalue weighted by Crippen LogP contribution is 1.86. The largest absolute Gasteiger partial charge is 0.397 e. The predicted molar refractivity (Wildman–Crippen MR) is 75.4 cm³/mol. The molecule has 120 valence electrons. The minimum Gasteiger partial charge on any atom is -0.394 e. The van der Waals surface area contributed by atoms with Crippen molar-refractivity contribution in [1.82, 2.24) is 0 Å². The van der Waals surface area contributed by atoms with Crippen molar-refractivity contribution in [3.8, 4) is 0 Å². The van der Waals surface area contributed by atoms with E-state index >= 15 is 0 Å². The molecule has 0 spiro atoms. The Hall–Kier alpha value is -0.510. The minimum absolute atomic E-state index is 0.0405. The van der Waals surface area contributed by atoms with Gasteiger partial charge in [0, 0.05) is 13.2 Å². The van der Waals surface area contributed by atoms with Crippen LogP contribution in [0.25, 0.3) is 0 Å². The first kappa shape index (κ1) is 26.9. The molecule has 19 heavy (non-hydrogen) atoms. The molecule has 0 atom stereocenters. The molecule has 0 aromatic carbocycles. The quantitative estimate of drug-likeness (QED) is 0.496. The van der Waals surface area contributed by atoms with E-state index < -0.39 is 10.4 Å². The molecule has 0 saturated heterocycles. The highest BCUT2D eigenvalue weighted by molar-refractivity contribution is 7.80. The molecule has 0 unspecified atom stereocenters. The number of aliphatic hydroxyl groups excluding tert-OH is 2. The Morgan fingerprint density at radius 3 is 1.42 bits per heavy atom. The Balaban J connectivity index is -0.0000000886. The van der Waals surface area contributed by atoms with E-state index in [1.807, 2.05) is 13.8 Å². The number of hydrogen-bond donors (Lipinski definition) is 3. The molecule has 7 nitrogen and oxygen atoms in total. The first-order chi connectivity index (χ1) is 8.89. The Kier molecular flexibility index (Phi) is 37.1. The van der Waals surface area contributed by atoms with Crippen LogP contribution in [0.15, 0.2) is 13.2 Å². The van der Waals surface area contributed by atoms with E-state index in [9.17, 15) is 8.42 Å². The molecule has 0 amide bonds. The summed E-state index contributed by atoms with van der Waals surface area (Å²) in [5.41, 5.74) is 0. The second-order valence-electron chi connectivity index (χ2n) is 2.48. The predicted octanol–water partition coefficient (Wildman–Crippen LogP) is 1.03. The van der Waals surface area contributed by atoms with Gasteiger partial charge < -0.3 is 14.9 Å². The molecule has 0 aliphatic rings. The van der Waals surface area contributed by atoms with Gasteiger partial charge in [-0.25, -0.2) is 4.18 Å². The maximum Gasteiger partial charge on any atom is 0.397 e. The van der Waals surface area contributed by atoms with E-state index in [4.69, 9.17) is 19.5 Å². The van der Waals surface area contributed by atoms with Crippen LogP contribution in [0.2, 0.25) is 0 Å². The van der Waals surface area contributed by atoms with Crippen LogP contribution in [-0.4, -0.2) is 56.2 Å². The zero-order chi connectivity index (χ0) is 16.2. The number of ether oxygens (including phenoxy) is 1. The van der Waals surface area contributed by atoms with Crippen LogP contribution in [0.1, 0.15) is 27.2 Å². The van der Waals surface area contributed by atoms with Crippen molar-refractivity contribution < 1.29 is 32.1 Å². The van der Waals surface area contributed by atoms with Gasteiger partial charge in [0.15, 0.2) is 0 Å². The van der Waals surface area contributed by atoms with Crippen LogP contribution in [-0.2, 0) is 19.3 Å². The van der Waals surface area contributed by atoms with Gasteiger partial charge in [-0.1, -0.05) is 6.92 Å². The molecule has 0 aromatic rings. The topological polar surface area (TPSA) is 113 Å². The van der Waals surface area contributed by atoms with Crippen LogP contribution >= 0.6 is 0 Å². The summed E-state index contributed by atoms with van der Waals surface area (Å²) in [5, 5.41) is 15.2. The van der Waals surface area contributed by atoms with Gasteiger partial charge in [0.1, 0.15) is 0 Å². The van der Waals surface area contributed by atoms with Crippen molar-refractivity contribution in [3.63, 3.8) is 0 Å². The average molecular weight is 304 g/mol. The average Bonchev–Trinajstić information content (AvgIpc) is 2.40. The van der Waals surface area contributed by atoms with Crippen LogP contribution in [0.3, 0.4) is 0 Å². The lowest BCUT2D eigenvalue weighted by atomic mass is 10.5. The van der Waals surface area contributed by atoms with Gasteiger partial charge in [-0.15, -0.1) is 13.2 Å². The first-order valence-electron chi connectivity index (χ1n) is 5.80. The third-order valence-corrected chi connectivity index (χ3v) is 1.41. The Bertz CT molecular complexity index is 213. The third kappa shape index (κ3) is 74.8. The Labute approximate surface area is 116 Å². The number of rotatable bonds is 6. The van der Waals surface area contributed by atoms with E-state index in [-0.39, 0.29) is 19.8 Å². The summed E-state index contributed by atoms with van der Waals surface area (Å²) in [6.45, 7) is 13.2. The maximum atomic E-state index is 9.72. The highest BCUT2D eigenvalue weighted by Gasteiger charge is 1.99. The summed E-state index contributed by atoms with van der Waals surface area (Å²) in [5.74, 6) is 0. The molecule has 0 aromatic heterocycles. The number of hydrogen-bond acceptors (Lipinski definition) is 6. The van der Waals surface area contributed by atoms with Crippen molar-refractivity contribution in [2.24, 2.45) is 0 Å². The van der Waals surface area contributed by atoms with Crippen molar-refractivity contribution in [2.75, 3.05) is 33.0 Å². The normalized spacial score (nSPS) is 8.95. The lowest BCUT2D eigenvalue weighted by molar-refractivity contribution is 0.162. The summed E-state index contributed by atoms with van der Waals surface area (Å²) in [4.78, 5) is 0. The molecule has 0 heterocycles. The molecule has 3 N–H and O–H groups in total. The standard InChI is InChI=1S/C4H10O.C3H8O4S.C2H6O2.C2H4/c1-3-5-4-2;1-2-3-7-8(4,5)6;3-1-2-4;1-2/h3-4H2,1-2H3;2-3H2,1H3,(H,4,5,6);3-4H,1-2H2;1-2H2. The summed E-state index contributed by atoms with van der Waals surface area (Å²) in [6.07, 6.45) is 0.569. The molecule has 0 bridgehead atoms. The fourth-order valence-corrected chi connectivity index (χ4v) is 0.770. The van der Waals surface area contributed by atoms with E-state index in [1.165, 1.54) is 0 Å². The van der Waals surface area contributed by atoms with Crippen molar-refractivity contribution >= 4 is 10.4 Å². The molecule has 0 aliphatic carbocycles. The summed E-state index contributed by atoms with van der Waals surface area (Å²) >= 11 is 0. The minimum atomic E-state index is -4.19. The van der Waals surface area contributed by atoms with E-state index in [0.29, 0.717) is 6.42 Å². The summed E-state index contributed by atoms with van der Waals surface area (Å²) in [7, 11) is -4.19. The van der Waals surface area contributed by atoms with Crippen molar-refractivity contribution in [3.05, 3.63) is 13.2 Å². The molecule has 8 heteroatoms. The van der Waals surface area contributed by atoms with Crippen molar-refractivity contribution in [1.29, 1.82) is 0 Å². The fourth-order valence-electron chi connectivity index (χ4n) is 0.393. The van der Waals surface area contributed by atoms with E-state index in [1.54, 1.807) is 6.92 Å². The van der Waals surface area contributed by atoms with Gasteiger partial charge in [0.25, 0.3) is 0 Å². The maximum absolute atomic E-state index is 9.72. The first-order valence-corrected chi connectivity index (χ1v) is 7.17. The monoisotopic (exact) mass is 304 g/mol. The smallest absolute Gasteiger partial charge is 0.394 e.